The molecule has 7 heteroatoms. The number of amides is 1. The third-order valence-electron chi connectivity index (χ3n) is 5.14. The number of nitrogens with zero attached hydrogens (tertiary/aromatic N) is 1. The lowest BCUT2D eigenvalue weighted by molar-refractivity contribution is -0.682. The molecule has 0 aliphatic heterocycles. The number of hydrogen-bond donors (Lipinski definition) is 2. The van der Waals surface area contributed by atoms with E-state index < -0.39 is 10.0 Å². The largest absolute Gasteiger partial charge is 0.347 e. The van der Waals surface area contributed by atoms with E-state index in [4.69, 9.17) is 0 Å². The van der Waals surface area contributed by atoms with Gasteiger partial charge in [-0.3, -0.25) is 4.79 Å². The van der Waals surface area contributed by atoms with Crippen LogP contribution in [0.15, 0.2) is 53.4 Å². The average Bonchev–Trinajstić information content (AvgIpc) is 2.72. The molecule has 0 aliphatic rings. The summed E-state index contributed by atoms with van der Waals surface area (Å²) in [5, 5.41) is 4.89. The van der Waals surface area contributed by atoms with Gasteiger partial charge < -0.3 is 10.6 Å². The number of rotatable bonds is 10. The van der Waals surface area contributed by atoms with Crippen LogP contribution in [0.3, 0.4) is 0 Å². The number of nitrogens with two attached hydrogens (primary N) is 1. The summed E-state index contributed by atoms with van der Waals surface area (Å²) < 4.78 is 26.6. The lowest BCUT2D eigenvalue weighted by atomic mass is 10.1. The number of carbonyl (C=O) groups excluding carboxylic acids is 1. The second-order valence-corrected chi connectivity index (χ2v) is 9.03. The van der Waals surface area contributed by atoms with E-state index >= 15 is 0 Å². The molecule has 2 aromatic carbocycles. The molecule has 0 saturated heterocycles. The number of aryl methyl sites for hydroxylation is 1. The first-order valence-electron chi connectivity index (χ1n) is 10.0. The Kier molecular flexibility index (Phi) is 8.37. The number of quaternary nitrogens is 1. The Morgan fingerprint density at radius 3 is 2.28 bits per heavy atom. The molecule has 1 atom stereocenters. The third-order valence-corrected chi connectivity index (χ3v) is 7.21. The Hall–Kier alpha value is -2.22. The van der Waals surface area contributed by atoms with E-state index in [1.807, 2.05) is 69.4 Å². The fraction of sp³-hybridized carbons (Fsp3) is 0.409. The summed E-state index contributed by atoms with van der Waals surface area (Å²) in [5.41, 5.74) is 3.25. The Bertz CT molecular complexity index is 907. The minimum Gasteiger partial charge on any atom is -0.347 e. The highest BCUT2D eigenvalue weighted by Crippen LogP contribution is 2.18. The van der Waals surface area contributed by atoms with E-state index in [-0.39, 0.29) is 11.9 Å². The molecule has 3 N–H and O–H groups in total. The second-order valence-electron chi connectivity index (χ2n) is 7.09. The smallest absolute Gasteiger partial charge is 0.275 e. The van der Waals surface area contributed by atoms with Crippen LogP contribution in [0.4, 0.5) is 0 Å². The standard InChI is InChI=1S/C22H31N3O3S/c1-5-25(6-2)29(27,28)21-13-11-19(12-14-21)18(4)23-16-22(26)24-15-20-10-8-7-9-17(20)3/h7-14,18,23H,5-6,15-16H2,1-4H3,(H,24,26)/p+1/t18-/m1/s1. The Morgan fingerprint density at radius 2 is 1.69 bits per heavy atom. The van der Waals surface area contributed by atoms with Crippen molar-refractivity contribution in [1.82, 2.24) is 9.62 Å². The maximum atomic E-state index is 12.6. The zero-order chi connectivity index (χ0) is 21.4. The first kappa shape index (κ1) is 23.1. The highest BCUT2D eigenvalue weighted by atomic mass is 32.2. The van der Waals surface area contributed by atoms with E-state index in [2.05, 4.69) is 5.32 Å². The van der Waals surface area contributed by atoms with Crippen molar-refractivity contribution in [2.45, 2.75) is 45.2 Å². The quantitative estimate of drug-likeness (QED) is 0.619. The Morgan fingerprint density at radius 1 is 1.07 bits per heavy atom. The molecule has 2 rings (SSSR count). The van der Waals surface area contributed by atoms with Gasteiger partial charge in [0.25, 0.3) is 5.91 Å². The number of benzene rings is 2. The summed E-state index contributed by atoms with van der Waals surface area (Å²) in [5.74, 6) is -0.0270. The van der Waals surface area contributed by atoms with Gasteiger partial charge in [-0.15, -0.1) is 0 Å². The maximum absolute atomic E-state index is 12.6. The molecule has 158 valence electrons. The first-order chi connectivity index (χ1) is 13.8. The summed E-state index contributed by atoms with van der Waals surface area (Å²) in [7, 11) is -3.45. The molecule has 0 saturated carbocycles. The van der Waals surface area contributed by atoms with Crippen LogP contribution in [0.25, 0.3) is 0 Å². The summed E-state index contributed by atoms with van der Waals surface area (Å²) in [6.45, 7) is 9.42. The average molecular weight is 419 g/mol. The molecular weight excluding hydrogens is 386 g/mol. The molecule has 0 bridgehead atoms. The van der Waals surface area contributed by atoms with E-state index in [1.165, 1.54) is 4.31 Å². The van der Waals surface area contributed by atoms with Crippen molar-refractivity contribution < 1.29 is 18.5 Å². The van der Waals surface area contributed by atoms with Gasteiger partial charge in [0.05, 0.1) is 4.90 Å². The predicted octanol–water partition coefficient (Wildman–Crippen LogP) is 1.97. The molecule has 0 heterocycles. The fourth-order valence-electron chi connectivity index (χ4n) is 3.15. The zero-order valence-electron chi connectivity index (χ0n) is 17.7. The molecule has 0 aliphatic carbocycles. The Labute approximate surface area is 174 Å². The van der Waals surface area contributed by atoms with Gasteiger partial charge in [-0.2, -0.15) is 4.31 Å². The minimum absolute atomic E-state index is 0.0270. The van der Waals surface area contributed by atoms with Crippen molar-refractivity contribution in [3.05, 3.63) is 65.2 Å². The molecular formula is C22H32N3O3S+. The topological polar surface area (TPSA) is 83.1 Å². The lowest BCUT2D eigenvalue weighted by Gasteiger charge is -2.19. The molecule has 0 fully saturated rings. The molecule has 2 aromatic rings. The van der Waals surface area contributed by atoms with Crippen molar-refractivity contribution in [1.29, 1.82) is 0 Å². The van der Waals surface area contributed by atoms with Gasteiger partial charge in [0.1, 0.15) is 6.04 Å². The molecule has 1 amide bonds. The van der Waals surface area contributed by atoms with Crippen LogP contribution in [0, 0.1) is 6.92 Å². The fourth-order valence-corrected chi connectivity index (χ4v) is 4.61. The number of nitrogens with one attached hydrogen (secondary N) is 1. The van der Waals surface area contributed by atoms with Crippen LogP contribution in [0.5, 0.6) is 0 Å². The number of carbonyl (C=O) groups is 1. The van der Waals surface area contributed by atoms with Crippen LogP contribution >= 0.6 is 0 Å². The molecule has 0 radical (unpaired) electrons. The second kappa shape index (κ2) is 10.5. The first-order valence-corrected chi connectivity index (χ1v) is 11.5. The van der Waals surface area contributed by atoms with Gasteiger partial charge in [0.2, 0.25) is 10.0 Å². The van der Waals surface area contributed by atoms with E-state index in [1.54, 1.807) is 12.1 Å². The summed E-state index contributed by atoms with van der Waals surface area (Å²) in [6, 6.07) is 15.0. The summed E-state index contributed by atoms with van der Waals surface area (Å²) in [6.07, 6.45) is 0. The Balaban J connectivity index is 1.90. The number of hydrogen-bond acceptors (Lipinski definition) is 3. The lowest BCUT2D eigenvalue weighted by Crippen LogP contribution is -2.87. The van der Waals surface area contributed by atoms with Crippen molar-refractivity contribution in [3.8, 4) is 0 Å². The molecule has 6 nitrogen and oxygen atoms in total. The van der Waals surface area contributed by atoms with Crippen LogP contribution < -0.4 is 10.6 Å². The predicted molar refractivity (Wildman–Crippen MR) is 115 cm³/mol. The van der Waals surface area contributed by atoms with Crippen LogP contribution in [-0.4, -0.2) is 38.3 Å². The third kappa shape index (κ3) is 6.13. The highest BCUT2D eigenvalue weighted by molar-refractivity contribution is 7.89. The van der Waals surface area contributed by atoms with Crippen LogP contribution in [0.1, 0.15) is 43.5 Å². The highest BCUT2D eigenvalue weighted by Gasteiger charge is 2.22. The molecule has 0 aromatic heterocycles. The van der Waals surface area contributed by atoms with Gasteiger partial charge in [-0.05, 0) is 37.1 Å². The summed E-state index contributed by atoms with van der Waals surface area (Å²) in [4.78, 5) is 12.5. The zero-order valence-corrected chi connectivity index (χ0v) is 18.5. The minimum atomic E-state index is -3.45. The van der Waals surface area contributed by atoms with Crippen LogP contribution in [-0.2, 0) is 21.4 Å². The van der Waals surface area contributed by atoms with E-state index in [0.29, 0.717) is 31.1 Å². The van der Waals surface area contributed by atoms with Crippen molar-refractivity contribution in [3.63, 3.8) is 0 Å². The molecule has 29 heavy (non-hydrogen) atoms. The van der Waals surface area contributed by atoms with Gasteiger partial charge in [0, 0.05) is 25.2 Å². The van der Waals surface area contributed by atoms with Crippen LogP contribution in [0.2, 0.25) is 0 Å². The normalized spacial score (nSPS) is 12.7. The number of sulfonamides is 1. The van der Waals surface area contributed by atoms with E-state index in [0.717, 1.165) is 16.7 Å². The van der Waals surface area contributed by atoms with Crippen molar-refractivity contribution in [2.75, 3.05) is 19.6 Å². The van der Waals surface area contributed by atoms with Gasteiger partial charge in [-0.25, -0.2) is 8.42 Å². The van der Waals surface area contributed by atoms with Crippen molar-refractivity contribution >= 4 is 15.9 Å². The molecule has 0 unspecified atom stereocenters. The van der Waals surface area contributed by atoms with Gasteiger partial charge in [0.15, 0.2) is 6.54 Å². The SMILES string of the molecule is CCN(CC)S(=O)(=O)c1ccc([C@@H](C)[NH2+]CC(=O)NCc2ccccc2C)cc1. The van der Waals surface area contributed by atoms with E-state index in [9.17, 15) is 13.2 Å². The van der Waals surface area contributed by atoms with Gasteiger partial charge >= 0.3 is 0 Å². The molecule has 0 spiro atoms. The van der Waals surface area contributed by atoms with Gasteiger partial charge in [-0.1, -0.05) is 50.2 Å². The monoisotopic (exact) mass is 418 g/mol. The van der Waals surface area contributed by atoms with Crippen molar-refractivity contribution in [2.24, 2.45) is 0 Å². The maximum Gasteiger partial charge on any atom is 0.275 e. The summed E-state index contributed by atoms with van der Waals surface area (Å²) >= 11 is 0.